The number of nitrogens with zero attached hydrogens (tertiary/aromatic N) is 1. The average Bonchev–Trinajstić information content (AvgIpc) is 2.54. The summed E-state index contributed by atoms with van der Waals surface area (Å²) in [6, 6.07) is 8.19. The zero-order valence-electron chi connectivity index (χ0n) is 13.1. The number of amides is 1. The standard InChI is InChI=1S/C17H26N2O2/c1-3-19(13-15-9-6-7-11-18-15)17(20)12-14-8-4-5-10-16(14)21-2/h4-5,8,10,15,18H,3,6-7,9,11-13H2,1-2H3. The normalized spacial score (nSPS) is 18.3. The molecule has 0 bridgehead atoms. The second kappa shape index (κ2) is 8.03. The molecule has 116 valence electrons. The summed E-state index contributed by atoms with van der Waals surface area (Å²) in [5, 5.41) is 3.51. The van der Waals surface area contributed by atoms with Crippen LogP contribution in [0.2, 0.25) is 0 Å². The first-order valence-corrected chi connectivity index (χ1v) is 7.87. The van der Waals surface area contributed by atoms with E-state index in [0.717, 1.165) is 30.9 Å². The van der Waals surface area contributed by atoms with E-state index in [1.165, 1.54) is 19.3 Å². The van der Waals surface area contributed by atoms with E-state index in [-0.39, 0.29) is 5.91 Å². The molecule has 0 spiro atoms. The van der Waals surface area contributed by atoms with Crippen LogP contribution in [0.3, 0.4) is 0 Å². The van der Waals surface area contributed by atoms with Gasteiger partial charge in [-0.1, -0.05) is 24.6 Å². The summed E-state index contributed by atoms with van der Waals surface area (Å²) in [6.45, 7) is 4.68. The first-order chi connectivity index (χ1) is 10.2. The van der Waals surface area contributed by atoms with Crippen molar-refractivity contribution in [3.63, 3.8) is 0 Å². The van der Waals surface area contributed by atoms with Gasteiger partial charge in [0, 0.05) is 24.7 Å². The molecule has 1 fully saturated rings. The third kappa shape index (κ3) is 4.46. The summed E-state index contributed by atoms with van der Waals surface area (Å²) >= 11 is 0. The quantitative estimate of drug-likeness (QED) is 0.873. The number of rotatable bonds is 6. The van der Waals surface area contributed by atoms with Crippen molar-refractivity contribution in [2.45, 2.75) is 38.6 Å². The number of benzene rings is 1. The number of para-hydroxylation sites is 1. The highest BCUT2D eigenvalue weighted by Crippen LogP contribution is 2.19. The minimum absolute atomic E-state index is 0.175. The van der Waals surface area contributed by atoms with Gasteiger partial charge in [-0.15, -0.1) is 0 Å². The Balaban J connectivity index is 1.96. The van der Waals surface area contributed by atoms with Gasteiger partial charge in [-0.2, -0.15) is 0 Å². The lowest BCUT2D eigenvalue weighted by molar-refractivity contribution is -0.130. The minimum atomic E-state index is 0.175. The Kier molecular flexibility index (Phi) is 6.05. The molecular weight excluding hydrogens is 264 g/mol. The van der Waals surface area contributed by atoms with Crippen LogP contribution in [0.4, 0.5) is 0 Å². The van der Waals surface area contributed by atoms with Crippen molar-refractivity contribution < 1.29 is 9.53 Å². The summed E-state index contributed by atoms with van der Waals surface area (Å²) < 4.78 is 5.33. The average molecular weight is 290 g/mol. The maximum Gasteiger partial charge on any atom is 0.227 e. The lowest BCUT2D eigenvalue weighted by atomic mass is 10.0. The minimum Gasteiger partial charge on any atom is -0.496 e. The zero-order valence-corrected chi connectivity index (χ0v) is 13.1. The topological polar surface area (TPSA) is 41.6 Å². The van der Waals surface area contributed by atoms with Gasteiger partial charge in [-0.3, -0.25) is 4.79 Å². The van der Waals surface area contributed by atoms with E-state index in [1.807, 2.05) is 36.1 Å². The van der Waals surface area contributed by atoms with Crippen molar-refractivity contribution in [3.05, 3.63) is 29.8 Å². The molecule has 1 amide bonds. The first-order valence-electron chi connectivity index (χ1n) is 7.87. The van der Waals surface area contributed by atoms with Crippen LogP contribution in [0.25, 0.3) is 0 Å². The lowest BCUT2D eigenvalue weighted by Crippen LogP contribution is -2.46. The fourth-order valence-corrected chi connectivity index (χ4v) is 2.88. The summed E-state index contributed by atoms with van der Waals surface area (Å²) in [5.41, 5.74) is 0.958. The predicted molar refractivity (Wildman–Crippen MR) is 84.6 cm³/mol. The number of methoxy groups -OCH3 is 1. The van der Waals surface area contributed by atoms with Crippen LogP contribution in [-0.2, 0) is 11.2 Å². The van der Waals surface area contributed by atoms with Crippen LogP contribution in [0, 0.1) is 0 Å². The van der Waals surface area contributed by atoms with Gasteiger partial charge in [-0.05, 0) is 32.4 Å². The number of carbonyl (C=O) groups is 1. The summed E-state index contributed by atoms with van der Waals surface area (Å²) in [6.07, 6.45) is 4.08. The number of hydrogen-bond acceptors (Lipinski definition) is 3. The van der Waals surface area contributed by atoms with Gasteiger partial charge in [0.05, 0.1) is 13.5 Å². The highest BCUT2D eigenvalue weighted by Gasteiger charge is 2.20. The Morgan fingerprint density at radius 2 is 2.19 bits per heavy atom. The van der Waals surface area contributed by atoms with Gasteiger partial charge < -0.3 is 15.0 Å². The van der Waals surface area contributed by atoms with Crippen LogP contribution in [-0.4, -0.2) is 43.6 Å². The molecule has 4 nitrogen and oxygen atoms in total. The van der Waals surface area contributed by atoms with E-state index in [9.17, 15) is 4.79 Å². The van der Waals surface area contributed by atoms with E-state index >= 15 is 0 Å². The Morgan fingerprint density at radius 3 is 2.86 bits per heavy atom. The number of ether oxygens (including phenoxy) is 1. The van der Waals surface area contributed by atoms with E-state index in [4.69, 9.17) is 4.74 Å². The lowest BCUT2D eigenvalue weighted by Gasteiger charge is -2.30. The van der Waals surface area contributed by atoms with Crippen molar-refractivity contribution in [3.8, 4) is 5.75 Å². The summed E-state index contributed by atoms with van der Waals surface area (Å²) in [7, 11) is 1.65. The Morgan fingerprint density at radius 1 is 1.38 bits per heavy atom. The van der Waals surface area contributed by atoms with Gasteiger partial charge in [-0.25, -0.2) is 0 Å². The molecule has 1 heterocycles. The molecule has 1 unspecified atom stereocenters. The molecule has 1 atom stereocenters. The van der Waals surface area contributed by atoms with Crippen LogP contribution >= 0.6 is 0 Å². The van der Waals surface area contributed by atoms with Crippen molar-refractivity contribution in [2.75, 3.05) is 26.7 Å². The molecule has 0 aliphatic carbocycles. The molecule has 1 aromatic rings. The monoisotopic (exact) mass is 290 g/mol. The van der Waals surface area contributed by atoms with E-state index < -0.39 is 0 Å². The largest absolute Gasteiger partial charge is 0.496 e. The Labute approximate surface area is 127 Å². The molecule has 0 radical (unpaired) electrons. The van der Waals surface area contributed by atoms with Crippen molar-refractivity contribution in [1.29, 1.82) is 0 Å². The predicted octanol–water partition coefficient (Wildman–Crippen LogP) is 2.23. The third-order valence-electron chi connectivity index (χ3n) is 4.12. The molecule has 1 N–H and O–H groups in total. The molecule has 1 aromatic carbocycles. The van der Waals surface area contributed by atoms with E-state index in [0.29, 0.717) is 12.5 Å². The second-order valence-electron chi connectivity index (χ2n) is 5.57. The highest BCUT2D eigenvalue weighted by molar-refractivity contribution is 5.79. The molecule has 1 saturated heterocycles. The van der Waals surface area contributed by atoms with Crippen molar-refractivity contribution in [2.24, 2.45) is 0 Å². The fraction of sp³-hybridized carbons (Fsp3) is 0.588. The smallest absolute Gasteiger partial charge is 0.227 e. The number of carbonyl (C=O) groups excluding carboxylic acids is 1. The molecule has 2 rings (SSSR count). The number of hydrogen-bond donors (Lipinski definition) is 1. The fourth-order valence-electron chi connectivity index (χ4n) is 2.88. The summed E-state index contributed by atoms with van der Waals surface area (Å²) in [5.74, 6) is 0.965. The molecule has 1 aliphatic rings. The van der Waals surface area contributed by atoms with E-state index in [1.54, 1.807) is 7.11 Å². The molecule has 1 aliphatic heterocycles. The van der Waals surface area contributed by atoms with Gasteiger partial charge in [0.15, 0.2) is 0 Å². The SMILES string of the molecule is CCN(CC1CCCCN1)C(=O)Cc1ccccc1OC. The Hall–Kier alpha value is -1.55. The molecule has 4 heteroatoms. The summed E-state index contributed by atoms with van der Waals surface area (Å²) in [4.78, 5) is 14.5. The molecule has 0 saturated carbocycles. The number of piperidine rings is 1. The number of nitrogens with one attached hydrogen (secondary N) is 1. The van der Waals surface area contributed by atoms with Gasteiger partial charge in [0.2, 0.25) is 5.91 Å². The van der Waals surface area contributed by atoms with Gasteiger partial charge in [0.25, 0.3) is 0 Å². The molecule has 0 aromatic heterocycles. The van der Waals surface area contributed by atoms with Crippen molar-refractivity contribution >= 4 is 5.91 Å². The van der Waals surface area contributed by atoms with Crippen LogP contribution in [0.15, 0.2) is 24.3 Å². The Bertz CT molecular complexity index is 456. The zero-order chi connectivity index (χ0) is 15.1. The van der Waals surface area contributed by atoms with Crippen molar-refractivity contribution in [1.82, 2.24) is 10.2 Å². The molecular formula is C17H26N2O2. The highest BCUT2D eigenvalue weighted by atomic mass is 16.5. The van der Waals surface area contributed by atoms with Gasteiger partial charge >= 0.3 is 0 Å². The maximum atomic E-state index is 12.5. The molecule has 21 heavy (non-hydrogen) atoms. The maximum absolute atomic E-state index is 12.5. The number of likely N-dealkylation sites (N-methyl/N-ethyl adjacent to an activating group) is 1. The van der Waals surface area contributed by atoms with Crippen LogP contribution < -0.4 is 10.1 Å². The van der Waals surface area contributed by atoms with Gasteiger partial charge in [0.1, 0.15) is 5.75 Å². The second-order valence-corrected chi connectivity index (χ2v) is 5.57. The first kappa shape index (κ1) is 15.8. The van der Waals surface area contributed by atoms with E-state index in [2.05, 4.69) is 5.32 Å². The van der Waals surface area contributed by atoms with Crippen LogP contribution in [0.1, 0.15) is 31.7 Å². The third-order valence-corrected chi connectivity index (χ3v) is 4.12. The van der Waals surface area contributed by atoms with Crippen LogP contribution in [0.5, 0.6) is 5.75 Å².